The predicted octanol–water partition coefficient (Wildman–Crippen LogP) is 2.03. The van der Waals surface area contributed by atoms with Crippen LogP contribution in [0, 0.1) is 5.82 Å². The maximum Gasteiger partial charge on any atom is 0.246 e. The van der Waals surface area contributed by atoms with E-state index in [-0.39, 0.29) is 24.9 Å². The summed E-state index contributed by atoms with van der Waals surface area (Å²) in [5.41, 5.74) is 1.31. The van der Waals surface area contributed by atoms with Crippen LogP contribution in [0.4, 0.5) is 10.1 Å². The molecule has 0 fully saturated rings. The van der Waals surface area contributed by atoms with Crippen LogP contribution >= 0.6 is 0 Å². The van der Waals surface area contributed by atoms with Gasteiger partial charge in [0, 0.05) is 11.8 Å². The normalized spacial score (nSPS) is 10.4. The fourth-order valence-electron chi connectivity index (χ4n) is 2.06. The average molecular weight is 327 g/mol. The number of rotatable bonds is 6. The summed E-state index contributed by atoms with van der Waals surface area (Å²) in [7, 11) is 0. The minimum absolute atomic E-state index is 0.0153. The maximum absolute atomic E-state index is 13.1. The minimum atomic E-state index is -0.306. The molecule has 0 radical (unpaired) electrons. The number of benzene rings is 2. The second kappa shape index (κ2) is 7.32. The van der Waals surface area contributed by atoms with Gasteiger partial charge in [-0.25, -0.2) is 9.07 Å². The standard InChI is InChI=1S/C16H14FN5O2/c17-13-4-1-3-12(7-13)10-24-15-6-2-5-14(8-15)19-16(23)9-22-11-18-20-21-22/h1-8,11H,9-10H2,(H,19,23). The van der Waals surface area contributed by atoms with Gasteiger partial charge in [-0.1, -0.05) is 18.2 Å². The molecule has 0 saturated heterocycles. The smallest absolute Gasteiger partial charge is 0.246 e. The third kappa shape index (κ3) is 4.35. The number of amides is 1. The van der Waals surface area contributed by atoms with Gasteiger partial charge in [-0.2, -0.15) is 0 Å². The SMILES string of the molecule is O=C(Cn1cnnn1)Nc1cccc(OCc2cccc(F)c2)c1. The third-order valence-electron chi connectivity index (χ3n) is 3.11. The number of hydrogen-bond donors (Lipinski definition) is 1. The lowest BCUT2D eigenvalue weighted by molar-refractivity contribution is -0.116. The molecule has 1 heterocycles. The molecular weight excluding hydrogens is 313 g/mol. The van der Waals surface area contributed by atoms with E-state index in [9.17, 15) is 9.18 Å². The number of tetrazole rings is 1. The summed E-state index contributed by atoms with van der Waals surface area (Å²) in [5, 5.41) is 13.3. The van der Waals surface area contributed by atoms with Crippen LogP contribution < -0.4 is 10.1 Å². The van der Waals surface area contributed by atoms with Crippen molar-refractivity contribution in [1.82, 2.24) is 20.2 Å². The summed E-state index contributed by atoms with van der Waals surface area (Å²) in [6.07, 6.45) is 1.36. The van der Waals surface area contributed by atoms with E-state index in [4.69, 9.17) is 4.74 Å². The molecule has 0 saturated carbocycles. The zero-order valence-corrected chi connectivity index (χ0v) is 12.6. The fourth-order valence-corrected chi connectivity index (χ4v) is 2.06. The lowest BCUT2D eigenvalue weighted by Crippen LogP contribution is -2.19. The fraction of sp³-hybridized carbons (Fsp3) is 0.125. The van der Waals surface area contributed by atoms with Gasteiger partial charge < -0.3 is 10.1 Å². The van der Waals surface area contributed by atoms with Crippen molar-refractivity contribution in [1.29, 1.82) is 0 Å². The maximum atomic E-state index is 13.1. The molecule has 0 unspecified atom stereocenters. The molecule has 122 valence electrons. The van der Waals surface area contributed by atoms with Crippen molar-refractivity contribution in [3.05, 3.63) is 66.2 Å². The molecule has 3 rings (SSSR count). The highest BCUT2D eigenvalue weighted by Crippen LogP contribution is 2.19. The predicted molar refractivity (Wildman–Crippen MR) is 83.6 cm³/mol. The number of hydrogen-bond acceptors (Lipinski definition) is 5. The molecule has 3 aromatic rings. The lowest BCUT2D eigenvalue weighted by atomic mass is 10.2. The van der Waals surface area contributed by atoms with Gasteiger partial charge in [0.15, 0.2) is 0 Å². The van der Waals surface area contributed by atoms with Crippen LogP contribution in [0.2, 0.25) is 0 Å². The molecule has 1 amide bonds. The highest BCUT2D eigenvalue weighted by molar-refractivity contribution is 5.90. The topological polar surface area (TPSA) is 81.9 Å². The summed E-state index contributed by atoms with van der Waals surface area (Å²) in [6.45, 7) is 0.251. The number of carbonyl (C=O) groups is 1. The van der Waals surface area contributed by atoms with Crippen LogP contribution in [-0.4, -0.2) is 26.1 Å². The molecule has 2 aromatic carbocycles. The molecule has 0 bridgehead atoms. The van der Waals surface area contributed by atoms with Gasteiger partial charge >= 0.3 is 0 Å². The van der Waals surface area contributed by atoms with Crippen molar-refractivity contribution >= 4 is 11.6 Å². The number of halogens is 1. The number of nitrogens with zero attached hydrogens (tertiary/aromatic N) is 4. The monoisotopic (exact) mass is 327 g/mol. The summed E-state index contributed by atoms with van der Waals surface area (Å²) in [4.78, 5) is 11.9. The van der Waals surface area contributed by atoms with Crippen LogP contribution in [0.25, 0.3) is 0 Å². The first-order chi connectivity index (χ1) is 11.7. The van der Waals surface area contributed by atoms with Crippen molar-refractivity contribution in [2.45, 2.75) is 13.2 Å². The number of nitrogens with one attached hydrogen (secondary N) is 1. The van der Waals surface area contributed by atoms with E-state index in [1.54, 1.807) is 36.4 Å². The van der Waals surface area contributed by atoms with Gasteiger partial charge in [-0.3, -0.25) is 4.79 Å². The average Bonchev–Trinajstić information content (AvgIpc) is 3.06. The summed E-state index contributed by atoms with van der Waals surface area (Å²) in [6, 6.07) is 13.2. The molecule has 0 atom stereocenters. The van der Waals surface area contributed by atoms with Crippen LogP contribution in [0.3, 0.4) is 0 Å². The first-order valence-electron chi connectivity index (χ1n) is 7.17. The molecule has 24 heavy (non-hydrogen) atoms. The Hall–Kier alpha value is -3.29. The molecule has 0 aliphatic rings. The van der Waals surface area contributed by atoms with Crippen molar-refractivity contribution < 1.29 is 13.9 Å². The van der Waals surface area contributed by atoms with Crippen LogP contribution in [0.5, 0.6) is 5.75 Å². The molecule has 1 aromatic heterocycles. The van der Waals surface area contributed by atoms with Crippen molar-refractivity contribution in [3.63, 3.8) is 0 Å². The molecule has 1 N–H and O–H groups in total. The number of ether oxygens (including phenoxy) is 1. The third-order valence-corrected chi connectivity index (χ3v) is 3.11. The van der Waals surface area contributed by atoms with Gasteiger partial charge in [-0.05, 0) is 40.3 Å². The Kier molecular flexibility index (Phi) is 4.76. The minimum Gasteiger partial charge on any atom is -0.489 e. The van der Waals surface area contributed by atoms with E-state index in [1.807, 2.05) is 0 Å². The first kappa shape index (κ1) is 15.6. The summed E-state index contributed by atoms with van der Waals surface area (Å²) >= 11 is 0. The Morgan fingerprint density at radius 1 is 1.21 bits per heavy atom. The Bertz CT molecular complexity index is 823. The molecule has 0 spiro atoms. The second-order valence-electron chi connectivity index (χ2n) is 5.00. The summed E-state index contributed by atoms with van der Waals surface area (Å²) < 4.78 is 20.1. The quantitative estimate of drug-likeness (QED) is 0.749. The Morgan fingerprint density at radius 2 is 2.08 bits per heavy atom. The molecule has 0 aliphatic heterocycles. The number of anilines is 1. The van der Waals surface area contributed by atoms with Gasteiger partial charge in [0.2, 0.25) is 5.91 Å². The Morgan fingerprint density at radius 3 is 2.88 bits per heavy atom. The van der Waals surface area contributed by atoms with Gasteiger partial charge in [0.1, 0.15) is 31.0 Å². The van der Waals surface area contributed by atoms with E-state index in [2.05, 4.69) is 20.8 Å². The Balaban J connectivity index is 1.58. The first-order valence-corrected chi connectivity index (χ1v) is 7.17. The molecule has 7 nitrogen and oxygen atoms in total. The zero-order valence-electron chi connectivity index (χ0n) is 12.6. The van der Waals surface area contributed by atoms with Crippen LogP contribution in [0.1, 0.15) is 5.56 Å². The second-order valence-corrected chi connectivity index (χ2v) is 5.00. The van der Waals surface area contributed by atoms with E-state index in [1.165, 1.54) is 23.1 Å². The lowest BCUT2D eigenvalue weighted by Gasteiger charge is -2.09. The largest absolute Gasteiger partial charge is 0.489 e. The molecular formula is C16H14FN5O2. The summed E-state index contributed by atoms with van der Waals surface area (Å²) in [5.74, 6) is 0.00350. The highest BCUT2D eigenvalue weighted by Gasteiger charge is 2.06. The van der Waals surface area contributed by atoms with E-state index in [0.29, 0.717) is 11.4 Å². The van der Waals surface area contributed by atoms with E-state index in [0.717, 1.165) is 5.56 Å². The zero-order chi connectivity index (χ0) is 16.8. The van der Waals surface area contributed by atoms with Crippen LogP contribution in [-0.2, 0) is 17.9 Å². The van der Waals surface area contributed by atoms with Crippen molar-refractivity contribution in [2.24, 2.45) is 0 Å². The molecule has 0 aliphatic carbocycles. The van der Waals surface area contributed by atoms with E-state index >= 15 is 0 Å². The van der Waals surface area contributed by atoms with E-state index < -0.39 is 0 Å². The number of carbonyl (C=O) groups excluding carboxylic acids is 1. The Labute approximate surface area is 137 Å². The van der Waals surface area contributed by atoms with Gasteiger partial charge in [0.25, 0.3) is 0 Å². The van der Waals surface area contributed by atoms with Crippen LogP contribution in [0.15, 0.2) is 54.9 Å². The van der Waals surface area contributed by atoms with Crippen molar-refractivity contribution in [2.75, 3.05) is 5.32 Å². The highest BCUT2D eigenvalue weighted by atomic mass is 19.1. The van der Waals surface area contributed by atoms with Crippen molar-refractivity contribution in [3.8, 4) is 5.75 Å². The molecule has 8 heteroatoms. The number of aromatic nitrogens is 4. The van der Waals surface area contributed by atoms with Gasteiger partial charge in [-0.15, -0.1) is 5.10 Å². The van der Waals surface area contributed by atoms with Gasteiger partial charge in [0.05, 0.1) is 0 Å².